The Bertz CT molecular complexity index is 318. The summed E-state index contributed by atoms with van der Waals surface area (Å²) < 4.78 is 0. The maximum Gasteiger partial charge on any atom is 0.142 e. The van der Waals surface area contributed by atoms with E-state index in [1.165, 1.54) is 6.08 Å². The van der Waals surface area contributed by atoms with Crippen molar-refractivity contribution in [1.29, 1.82) is 0 Å². The molecule has 0 rings (SSSR count). The van der Waals surface area contributed by atoms with E-state index in [-0.39, 0.29) is 0 Å². The fraction of sp³-hybridized carbons (Fsp3) is 0.143. The number of rotatable bonds is 8. The Morgan fingerprint density at radius 1 is 0.562 bits per heavy atom. The van der Waals surface area contributed by atoms with Crippen LogP contribution in [0.25, 0.3) is 0 Å². The highest BCUT2D eigenvalue weighted by Crippen LogP contribution is 1.88. The molecule has 0 saturated heterocycles. The first-order chi connectivity index (χ1) is 7.91. The van der Waals surface area contributed by atoms with Gasteiger partial charge in [0, 0.05) is 6.42 Å². The summed E-state index contributed by atoms with van der Waals surface area (Å²) in [5, 5.41) is 0. The van der Waals surface area contributed by atoms with Gasteiger partial charge >= 0.3 is 0 Å². The van der Waals surface area contributed by atoms with E-state index in [2.05, 4.69) is 0 Å². The van der Waals surface area contributed by atoms with E-state index in [0.717, 1.165) is 19.0 Å². The lowest BCUT2D eigenvalue weighted by molar-refractivity contribution is -0.107. The molecule has 0 aliphatic rings. The normalized spacial score (nSPS) is 12.8. The van der Waals surface area contributed by atoms with Crippen LogP contribution >= 0.6 is 0 Å². The Morgan fingerprint density at radius 3 is 1.56 bits per heavy atom. The van der Waals surface area contributed by atoms with Crippen molar-refractivity contribution in [2.24, 2.45) is 0 Å². The highest BCUT2D eigenvalue weighted by molar-refractivity contribution is 5.65. The largest absolute Gasteiger partial charge is 0.303 e. The molecule has 0 N–H and O–H groups in total. The smallest absolute Gasteiger partial charge is 0.142 e. The Hall–Kier alpha value is -1.96. The van der Waals surface area contributed by atoms with Crippen molar-refractivity contribution in [1.82, 2.24) is 0 Å². The van der Waals surface area contributed by atoms with Crippen LogP contribution in [0.1, 0.15) is 12.8 Å². The Kier molecular flexibility index (Phi) is 11.4. The van der Waals surface area contributed by atoms with Crippen LogP contribution in [0.5, 0.6) is 0 Å². The number of hydrogen-bond acceptors (Lipinski definition) is 2. The summed E-state index contributed by atoms with van der Waals surface area (Å²) >= 11 is 0. The van der Waals surface area contributed by atoms with E-state index in [9.17, 15) is 9.59 Å². The van der Waals surface area contributed by atoms with Crippen molar-refractivity contribution in [3.05, 3.63) is 60.8 Å². The summed E-state index contributed by atoms with van der Waals surface area (Å²) in [6, 6.07) is 0. The summed E-state index contributed by atoms with van der Waals surface area (Å²) in [7, 11) is 0. The highest BCUT2D eigenvalue weighted by atomic mass is 16.1. The van der Waals surface area contributed by atoms with Crippen LogP contribution in [0.4, 0.5) is 0 Å². The number of unbranched alkanes of at least 4 members (excludes halogenated alkanes) is 1. The minimum absolute atomic E-state index is 0.575. The van der Waals surface area contributed by atoms with E-state index < -0.39 is 0 Å². The van der Waals surface area contributed by atoms with Gasteiger partial charge in [0.1, 0.15) is 12.6 Å². The molecular weight excluding hydrogens is 200 g/mol. The molecule has 0 amide bonds. The molecule has 2 heteroatoms. The Balaban J connectivity index is 3.65. The summed E-state index contributed by atoms with van der Waals surface area (Å²) in [6.07, 6.45) is 21.1. The molecule has 2 nitrogen and oxygen atoms in total. The fourth-order valence-corrected chi connectivity index (χ4v) is 0.833. The van der Waals surface area contributed by atoms with Crippen LogP contribution in [-0.2, 0) is 9.59 Å². The maximum atomic E-state index is 9.99. The maximum absolute atomic E-state index is 9.99. The van der Waals surface area contributed by atoms with Crippen LogP contribution < -0.4 is 0 Å². The van der Waals surface area contributed by atoms with Crippen LogP contribution in [-0.4, -0.2) is 12.6 Å². The number of aldehydes is 2. The molecule has 0 aromatic rings. The number of carbonyl (C=O) groups excluding carboxylic acids is 2. The lowest BCUT2D eigenvalue weighted by Crippen LogP contribution is -1.68. The number of hydrogen-bond donors (Lipinski definition) is 0. The zero-order valence-corrected chi connectivity index (χ0v) is 9.16. The first kappa shape index (κ1) is 14.0. The summed E-state index contributed by atoms with van der Waals surface area (Å²) in [5.74, 6) is 0. The zero-order valence-electron chi connectivity index (χ0n) is 9.16. The van der Waals surface area contributed by atoms with Crippen molar-refractivity contribution in [3.63, 3.8) is 0 Å². The minimum Gasteiger partial charge on any atom is -0.303 e. The molecule has 0 saturated carbocycles. The second-order valence-corrected chi connectivity index (χ2v) is 2.85. The lowest BCUT2D eigenvalue weighted by Gasteiger charge is -1.79. The Labute approximate surface area is 96.4 Å². The van der Waals surface area contributed by atoms with E-state index in [1.807, 2.05) is 42.5 Å². The monoisotopic (exact) mass is 216 g/mol. The molecule has 0 fully saturated rings. The number of carbonyl (C=O) groups is 2. The average molecular weight is 216 g/mol. The van der Waals surface area contributed by atoms with Gasteiger partial charge in [-0.15, -0.1) is 0 Å². The van der Waals surface area contributed by atoms with Crippen LogP contribution in [0.2, 0.25) is 0 Å². The first-order valence-corrected chi connectivity index (χ1v) is 5.12. The first-order valence-electron chi connectivity index (χ1n) is 5.12. The van der Waals surface area contributed by atoms with Crippen LogP contribution in [0.15, 0.2) is 60.8 Å². The summed E-state index contributed by atoms with van der Waals surface area (Å²) in [6.45, 7) is 0. The average Bonchev–Trinajstić information content (AvgIpc) is 2.31. The van der Waals surface area contributed by atoms with Gasteiger partial charge in [0.2, 0.25) is 0 Å². The molecule has 0 atom stereocenters. The zero-order chi connectivity index (χ0) is 11.9. The third-order valence-electron chi connectivity index (χ3n) is 1.55. The van der Waals surface area contributed by atoms with Crippen molar-refractivity contribution in [2.45, 2.75) is 12.8 Å². The van der Waals surface area contributed by atoms with Gasteiger partial charge in [0.15, 0.2) is 0 Å². The molecule has 0 radical (unpaired) electrons. The number of allylic oxidation sites excluding steroid dienone is 10. The SMILES string of the molecule is O=C/C=C/C=C/C=C/C=C/C=C\CCC=O. The van der Waals surface area contributed by atoms with Gasteiger partial charge in [-0.2, -0.15) is 0 Å². The van der Waals surface area contributed by atoms with Crippen LogP contribution in [0, 0.1) is 0 Å². The molecule has 0 aliphatic carbocycles. The standard InChI is InChI=1S/C14H16O2/c15-13-11-9-7-5-3-1-2-4-6-8-10-12-14-16/h1-9,11,13-14H,10,12H2/b3-1+,4-2+,7-5+,8-6-,11-9+. The third kappa shape index (κ3) is 12.0. The second kappa shape index (κ2) is 13.0. The van der Waals surface area contributed by atoms with Crippen LogP contribution in [0.3, 0.4) is 0 Å². The Morgan fingerprint density at radius 2 is 1.06 bits per heavy atom. The van der Waals surface area contributed by atoms with Gasteiger partial charge in [0.25, 0.3) is 0 Å². The van der Waals surface area contributed by atoms with Gasteiger partial charge in [-0.3, -0.25) is 4.79 Å². The molecule has 0 bridgehead atoms. The molecule has 16 heavy (non-hydrogen) atoms. The molecular formula is C14H16O2. The molecule has 84 valence electrons. The van der Waals surface area contributed by atoms with Gasteiger partial charge in [-0.05, 0) is 12.5 Å². The summed E-state index contributed by atoms with van der Waals surface area (Å²) in [4.78, 5) is 19.9. The topological polar surface area (TPSA) is 34.1 Å². The quantitative estimate of drug-likeness (QED) is 0.270. The van der Waals surface area contributed by atoms with E-state index in [1.54, 1.807) is 12.2 Å². The van der Waals surface area contributed by atoms with Gasteiger partial charge < -0.3 is 4.79 Å². The predicted octanol–water partition coefficient (Wildman–Crippen LogP) is 2.95. The fourth-order valence-electron chi connectivity index (χ4n) is 0.833. The van der Waals surface area contributed by atoms with Gasteiger partial charge in [-0.1, -0.05) is 54.7 Å². The third-order valence-corrected chi connectivity index (χ3v) is 1.55. The molecule has 0 aromatic carbocycles. The van der Waals surface area contributed by atoms with Gasteiger partial charge in [-0.25, -0.2) is 0 Å². The predicted molar refractivity (Wildman–Crippen MR) is 67.1 cm³/mol. The molecule has 0 unspecified atom stereocenters. The van der Waals surface area contributed by atoms with E-state index in [4.69, 9.17) is 0 Å². The summed E-state index contributed by atoms with van der Waals surface area (Å²) in [5.41, 5.74) is 0. The van der Waals surface area contributed by atoms with E-state index >= 15 is 0 Å². The van der Waals surface area contributed by atoms with Crippen molar-refractivity contribution < 1.29 is 9.59 Å². The van der Waals surface area contributed by atoms with E-state index in [0.29, 0.717) is 6.42 Å². The van der Waals surface area contributed by atoms with Crippen molar-refractivity contribution >= 4 is 12.6 Å². The molecule has 0 aromatic heterocycles. The highest BCUT2D eigenvalue weighted by Gasteiger charge is 1.74. The van der Waals surface area contributed by atoms with Crippen molar-refractivity contribution in [3.8, 4) is 0 Å². The van der Waals surface area contributed by atoms with Gasteiger partial charge in [0.05, 0.1) is 0 Å². The lowest BCUT2D eigenvalue weighted by atomic mass is 10.3. The second-order valence-electron chi connectivity index (χ2n) is 2.85. The van der Waals surface area contributed by atoms with Crippen molar-refractivity contribution in [2.75, 3.05) is 0 Å². The molecule has 0 aliphatic heterocycles. The molecule has 0 spiro atoms. The minimum atomic E-state index is 0.575. The molecule has 0 heterocycles.